The van der Waals surface area contributed by atoms with Crippen LogP contribution in [0.3, 0.4) is 0 Å². The van der Waals surface area contributed by atoms with Gasteiger partial charge in [0.05, 0.1) is 34.1 Å². The minimum absolute atomic E-state index is 0.0168. The molecule has 0 fully saturated rings. The van der Waals surface area contributed by atoms with Crippen molar-refractivity contribution < 1.29 is 26.4 Å². The minimum Gasteiger partial charge on any atom is -0.467 e. The fourth-order valence-corrected chi connectivity index (χ4v) is 5.30. The topological polar surface area (TPSA) is 80.5 Å². The Bertz CT molecular complexity index is 1400. The van der Waals surface area contributed by atoms with E-state index in [9.17, 15) is 22.0 Å². The predicted octanol–water partition coefficient (Wildman–Crippen LogP) is 5.13. The van der Waals surface area contributed by atoms with Gasteiger partial charge in [0.25, 0.3) is 0 Å². The third-order valence-electron chi connectivity index (χ3n) is 5.06. The Hall–Kier alpha value is -3.11. The second-order valence-electron chi connectivity index (χ2n) is 7.70. The summed E-state index contributed by atoms with van der Waals surface area (Å²) in [5, 5.41) is -0.354. The maximum absolute atomic E-state index is 14.2. The highest BCUT2D eigenvalue weighted by Crippen LogP contribution is 2.32. The number of sulfone groups is 1. The van der Waals surface area contributed by atoms with Gasteiger partial charge < -0.3 is 4.42 Å². The number of hydrogen-bond acceptors (Lipinski definition) is 6. The Balaban J connectivity index is 1.64. The van der Waals surface area contributed by atoms with Crippen molar-refractivity contribution in [1.29, 1.82) is 0 Å². The van der Waals surface area contributed by atoms with Crippen LogP contribution in [0.15, 0.2) is 64.1 Å². The summed E-state index contributed by atoms with van der Waals surface area (Å²) < 4.78 is 58.1. The molecule has 2 aromatic heterocycles. The van der Waals surface area contributed by atoms with Crippen molar-refractivity contribution in [1.82, 2.24) is 4.98 Å². The SMILES string of the molecule is CC(C)S(=O)(=O)c1ccc(CC(=O)N(Cc2ccco2)c2nc3c(F)cc(F)cc3s2)cc1. The van der Waals surface area contributed by atoms with Crippen molar-refractivity contribution in [3.63, 3.8) is 0 Å². The molecule has 2 heterocycles. The molecule has 10 heteroatoms. The summed E-state index contributed by atoms with van der Waals surface area (Å²) in [5.41, 5.74) is 0.586. The molecular formula is C23H20F2N2O4S2. The number of halogens is 2. The molecule has 4 aromatic rings. The van der Waals surface area contributed by atoms with Crippen LogP contribution in [0, 0.1) is 11.6 Å². The summed E-state index contributed by atoms with van der Waals surface area (Å²) in [6.07, 6.45) is 1.43. The van der Waals surface area contributed by atoms with Gasteiger partial charge in [-0.3, -0.25) is 9.69 Å². The molecule has 172 valence electrons. The normalized spacial score (nSPS) is 11.9. The quantitative estimate of drug-likeness (QED) is 0.359. The summed E-state index contributed by atoms with van der Waals surface area (Å²) >= 11 is 0.996. The molecule has 0 aliphatic rings. The first-order valence-electron chi connectivity index (χ1n) is 10.1. The lowest BCUT2D eigenvalue weighted by atomic mass is 10.1. The summed E-state index contributed by atoms with van der Waals surface area (Å²) in [5.74, 6) is -1.39. The Labute approximate surface area is 193 Å². The molecule has 0 radical (unpaired) electrons. The molecule has 33 heavy (non-hydrogen) atoms. The number of fused-ring (bicyclic) bond motifs is 1. The van der Waals surface area contributed by atoms with Crippen molar-refractivity contribution in [3.8, 4) is 0 Å². The molecule has 0 atom stereocenters. The number of hydrogen-bond donors (Lipinski definition) is 0. The largest absolute Gasteiger partial charge is 0.467 e. The van der Waals surface area contributed by atoms with Gasteiger partial charge >= 0.3 is 0 Å². The first-order valence-corrected chi connectivity index (χ1v) is 12.4. The van der Waals surface area contributed by atoms with Gasteiger partial charge in [0.1, 0.15) is 17.1 Å². The van der Waals surface area contributed by atoms with E-state index in [2.05, 4.69) is 4.98 Å². The molecule has 0 aliphatic carbocycles. The first kappa shape index (κ1) is 23.1. The molecule has 0 saturated heterocycles. The lowest BCUT2D eigenvalue weighted by molar-refractivity contribution is -0.118. The van der Waals surface area contributed by atoms with Gasteiger partial charge in [-0.25, -0.2) is 22.2 Å². The average Bonchev–Trinajstić information content (AvgIpc) is 3.42. The van der Waals surface area contributed by atoms with Crippen LogP contribution in [-0.4, -0.2) is 24.6 Å². The minimum atomic E-state index is -3.42. The van der Waals surface area contributed by atoms with Crippen molar-refractivity contribution in [3.05, 3.63) is 77.8 Å². The van der Waals surface area contributed by atoms with E-state index in [1.165, 1.54) is 29.4 Å². The Morgan fingerprint density at radius 1 is 1.15 bits per heavy atom. The third kappa shape index (κ3) is 4.81. The number of benzene rings is 2. The van der Waals surface area contributed by atoms with E-state index in [1.807, 2.05) is 0 Å². The average molecular weight is 491 g/mol. The Morgan fingerprint density at radius 2 is 1.88 bits per heavy atom. The monoisotopic (exact) mass is 490 g/mol. The predicted molar refractivity (Wildman–Crippen MR) is 122 cm³/mol. The summed E-state index contributed by atoms with van der Waals surface area (Å²) in [4.78, 5) is 19.0. The van der Waals surface area contributed by atoms with Gasteiger partial charge in [-0.05, 0) is 49.7 Å². The number of carbonyl (C=O) groups excluding carboxylic acids is 1. The van der Waals surface area contributed by atoms with E-state index in [0.717, 1.165) is 17.4 Å². The number of furan rings is 1. The summed E-state index contributed by atoms with van der Waals surface area (Å²) in [6, 6.07) is 11.4. The molecule has 0 bridgehead atoms. The van der Waals surface area contributed by atoms with Crippen LogP contribution in [0.25, 0.3) is 10.2 Å². The van der Waals surface area contributed by atoms with E-state index in [4.69, 9.17) is 4.42 Å². The lowest BCUT2D eigenvalue weighted by Gasteiger charge is -2.19. The van der Waals surface area contributed by atoms with E-state index in [-0.39, 0.29) is 39.1 Å². The van der Waals surface area contributed by atoms with Crippen LogP contribution >= 0.6 is 11.3 Å². The van der Waals surface area contributed by atoms with Crippen molar-refractivity contribution >= 4 is 42.4 Å². The molecule has 6 nitrogen and oxygen atoms in total. The maximum Gasteiger partial charge on any atom is 0.233 e. The van der Waals surface area contributed by atoms with Gasteiger partial charge in [0.2, 0.25) is 5.91 Å². The molecule has 0 N–H and O–H groups in total. The zero-order valence-corrected chi connectivity index (χ0v) is 19.4. The third-order valence-corrected chi connectivity index (χ3v) is 8.25. The molecule has 0 unspecified atom stereocenters. The van der Waals surface area contributed by atoms with E-state index >= 15 is 0 Å². The second kappa shape index (κ2) is 9.03. The van der Waals surface area contributed by atoms with Crippen molar-refractivity contribution in [2.24, 2.45) is 0 Å². The van der Waals surface area contributed by atoms with Gasteiger partial charge in [-0.15, -0.1) is 0 Å². The zero-order chi connectivity index (χ0) is 23.8. The standard InChI is InChI=1S/C23H20F2N2O4S2/c1-14(2)33(29,30)18-7-5-15(6-8-18)10-21(28)27(13-17-4-3-9-31-17)23-26-22-19(25)11-16(24)12-20(22)32-23/h3-9,11-12,14H,10,13H2,1-2H3. The first-order chi connectivity index (χ1) is 15.6. The fraction of sp³-hybridized carbons (Fsp3) is 0.217. The second-order valence-corrected chi connectivity index (χ2v) is 11.2. The number of rotatable bonds is 7. The molecular weight excluding hydrogens is 470 g/mol. The summed E-state index contributed by atoms with van der Waals surface area (Å²) in [7, 11) is -3.42. The van der Waals surface area contributed by atoms with Gasteiger partial charge in [0, 0.05) is 6.07 Å². The molecule has 1 amide bonds. The van der Waals surface area contributed by atoms with E-state index in [0.29, 0.717) is 11.3 Å². The van der Waals surface area contributed by atoms with Crippen LogP contribution in [0.5, 0.6) is 0 Å². The van der Waals surface area contributed by atoms with E-state index in [1.54, 1.807) is 38.1 Å². The van der Waals surface area contributed by atoms with Crippen LogP contribution < -0.4 is 4.90 Å². The number of thiazole rings is 1. The lowest BCUT2D eigenvalue weighted by Crippen LogP contribution is -2.31. The van der Waals surface area contributed by atoms with Crippen LogP contribution in [-0.2, 0) is 27.6 Å². The van der Waals surface area contributed by atoms with Gasteiger partial charge in [-0.1, -0.05) is 23.5 Å². The molecule has 0 spiro atoms. The summed E-state index contributed by atoms with van der Waals surface area (Å²) in [6.45, 7) is 3.26. The number of amides is 1. The molecule has 2 aromatic carbocycles. The maximum atomic E-state index is 14.2. The highest BCUT2D eigenvalue weighted by molar-refractivity contribution is 7.92. The highest BCUT2D eigenvalue weighted by Gasteiger charge is 2.24. The Morgan fingerprint density at radius 3 is 2.52 bits per heavy atom. The number of nitrogens with zero attached hydrogens (tertiary/aromatic N) is 2. The number of carbonyl (C=O) groups is 1. The fourth-order valence-electron chi connectivity index (χ4n) is 3.22. The van der Waals surface area contributed by atoms with Crippen LogP contribution in [0.2, 0.25) is 0 Å². The van der Waals surface area contributed by atoms with Crippen LogP contribution in [0.1, 0.15) is 25.2 Å². The number of aromatic nitrogens is 1. The Kier molecular flexibility index (Phi) is 6.31. The molecule has 4 rings (SSSR count). The molecule has 0 saturated carbocycles. The van der Waals surface area contributed by atoms with Crippen molar-refractivity contribution in [2.45, 2.75) is 37.0 Å². The number of anilines is 1. The van der Waals surface area contributed by atoms with Gasteiger partial charge in [0.15, 0.2) is 20.8 Å². The highest BCUT2D eigenvalue weighted by atomic mass is 32.2. The smallest absolute Gasteiger partial charge is 0.233 e. The van der Waals surface area contributed by atoms with Crippen molar-refractivity contribution in [2.75, 3.05) is 4.90 Å². The zero-order valence-electron chi connectivity index (χ0n) is 17.8. The van der Waals surface area contributed by atoms with Gasteiger partial charge in [-0.2, -0.15) is 0 Å². The molecule has 0 aliphatic heterocycles. The van der Waals surface area contributed by atoms with Crippen LogP contribution in [0.4, 0.5) is 13.9 Å². The van der Waals surface area contributed by atoms with E-state index < -0.39 is 26.7 Å².